The van der Waals surface area contributed by atoms with Gasteiger partial charge >= 0.3 is 0 Å². The Hall–Kier alpha value is -5.10. The highest BCUT2D eigenvalue weighted by molar-refractivity contribution is 6.12. The molecule has 2 aliphatic heterocycles. The molecule has 4 heterocycles. The van der Waals surface area contributed by atoms with E-state index in [9.17, 15) is 38.7 Å². The van der Waals surface area contributed by atoms with Gasteiger partial charge < -0.3 is 15.0 Å². The molecule has 0 bridgehead atoms. The lowest BCUT2D eigenvalue weighted by atomic mass is 9.77. The Kier molecular flexibility index (Phi) is 10.8. The minimum atomic E-state index is -1.68. The number of carbonyl (C=O) groups is 6. The molecule has 294 valence electrons. The quantitative estimate of drug-likeness (QED) is 0.132. The average Bonchev–Trinajstić information content (AvgIpc) is 3.71. The van der Waals surface area contributed by atoms with E-state index >= 15 is 0 Å². The van der Waals surface area contributed by atoms with Gasteiger partial charge in [-0.25, -0.2) is 4.98 Å². The lowest BCUT2D eigenvalue weighted by Crippen LogP contribution is -2.44. The molecule has 1 aromatic carbocycles. The summed E-state index contributed by atoms with van der Waals surface area (Å²) >= 11 is 0. The van der Waals surface area contributed by atoms with Crippen LogP contribution in [-0.2, 0) is 66.6 Å². The van der Waals surface area contributed by atoms with Crippen LogP contribution in [0.15, 0.2) is 35.1 Å². The molecule has 0 saturated carbocycles. The first-order chi connectivity index (χ1) is 26.7. The summed E-state index contributed by atoms with van der Waals surface area (Å²) in [6, 6.07) is 4.87. The van der Waals surface area contributed by atoms with Crippen molar-refractivity contribution in [3.05, 3.63) is 74.1 Å². The number of nitrogens with zero attached hydrogens (tertiary/aromatic N) is 3. The number of amides is 3. The van der Waals surface area contributed by atoms with E-state index in [0.29, 0.717) is 67.7 Å². The van der Waals surface area contributed by atoms with Gasteiger partial charge in [-0.1, -0.05) is 33.3 Å². The number of benzene rings is 1. The van der Waals surface area contributed by atoms with E-state index in [-0.39, 0.29) is 72.2 Å². The second kappa shape index (κ2) is 15.4. The molecule has 12 nitrogen and oxygen atoms in total. The number of hydrogen-bond acceptors (Lipinski definition) is 9. The number of aryl methyl sites for hydroxylation is 2. The number of imide groups is 1. The predicted octanol–water partition coefficient (Wildman–Crippen LogP) is 4.36. The maximum Gasteiger partial charge on any atom is 0.254 e. The van der Waals surface area contributed by atoms with Crippen molar-refractivity contribution >= 4 is 46.0 Å². The number of aromatic nitrogens is 2. The second-order valence-electron chi connectivity index (χ2n) is 16.3. The Labute approximate surface area is 325 Å². The van der Waals surface area contributed by atoms with E-state index < -0.39 is 17.6 Å². The predicted molar refractivity (Wildman–Crippen MR) is 209 cm³/mol. The third-order valence-electron chi connectivity index (χ3n) is 12.4. The minimum absolute atomic E-state index is 0.0378. The molecule has 0 saturated heterocycles. The van der Waals surface area contributed by atoms with Crippen molar-refractivity contribution in [2.45, 2.75) is 123 Å². The van der Waals surface area contributed by atoms with E-state index in [2.05, 4.69) is 5.32 Å². The van der Waals surface area contributed by atoms with E-state index in [0.717, 1.165) is 52.4 Å². The number of pyridine rings is 2. The summed E-state index contributed by atoms with van der Waals surface area (Å²) in [6.45, 7) is 7.89. The van der Waals surface area contributed by atoms with Gasteiger partial charge in [0.05, 0.1) is 29.5 Å². The monoisotopic (exact) mass is 762 g/mol. The SMILES string of the molecule is CC[C@@]1(O)C(=O)CCc2c1cc1n(c2=O)Cc2c-1nc1ccc(CC(=O)[C@H](C)NC(=O)[C@@H](CC(=O)CCCCCN3C(=O)C=CC3=O)C(C)C)c3c1c2CCC3. The van der Waals surface area contributed by atoms with Crippen molar-refractivity contribution in [2.75, 3.05) is 6.54 Å². The summed E-state index contributed by atoms with van der Waals surface area (Å²) < 4.78 is 1.72. The van der Waals surface area contributed by atoms with Gasteiger partial charge in [-0.2, -0.15) is 0 Å². The number of Topliss-reactive ketones (excluding diaryl/α,β-unsaturated/α-hetero) is 3. The Bertz CT molecular complexity index is 2270. The first-order valence-electron chi connectivity index (χ1n) is 20.1. The first kappa shape index (κ1) is 39.1. The zero-order valence-corrected chi connectivity index (χ0v) is 32.7. The van der Waals surface area contributed by atoms with Crippen LogP contribution < -0.4 is 10.9 Å². The molecule has 0 spiro atoms. The smallest absolute Gasteiger partial charge is 0.254 e. The second-order valence-corrected chi connectivity index (χ2v) is 16.3. The molecule has 12 heteroatoms. The number of hydrogen-bond donors (Lipinski definition) is 2. The summed E-state index contributed by atoms with van der Waals surface area (Å²) in [5.74, 6) is -2.10. The largest absolute Gasteiger partial charge is 0.377 e. The van der Waals surface area contributed by atoms with E-state index in [1.807, 2.05) is 26.0 Å². The Morgan fingerprint density at radius 1 is 0.911 bits per heavy atom. The number of fused-ring (bicyclic) bond motifs is 5. The van der Waals surface area contributed by atoms with Crippen molar-refractivity contribution < 1.29 is 33.9 Å². The maximum absolute atomic E-state index is 13.8. The zero-order valence-electron chi connectivity index (χ0n) is 32.7. The zero-order chi connectivity index (χ0) is 40.1. The van der Waals surface area contributed by atoms with Gasteiger partial charge in [0.2, 0.25) is 5.91 Å². The summed E-state index contributed by atoms with van der Waals surface area (Å²) in [4.78, 5) is 96.4. The van der Waals surface area contributed by atoms with Crippen LogP contribution in [0.3, 0.4) is 0 Å². The maximum atomic E-state index is 13.8. The summed E-state index contributed by atoms with van der Waals surface area (Å²) in [6.07, 6.45) is 7.92. The van der Waals surface area contributed by atoms with Gasteiger partial charge in [-0.3, -0.25) is 38.5 Å². The highest BCUT2D eigenvalue weighted by atomic mass is 16.3. The Morgan fingerprint density at radius 2 is 1.64 bits per heavy atom. The first-order valence-corrected chi connectivity index (χ1v) is 20.1. The van der Waals surface area contributed by atoms with Gasteiger partial charge in [-0.05, 0) is 86.6 Å². The number of nitrogens with one attached hydrogen (secondary N) is 1. The molecular formula is C44H50N4O8. The molecule has 0 radical (unpaired) electrons. The molecule has 3 amide bonds. The van der Waals surface area contributed by atoms with Crippen LogP contribution in [0, 0.1) is 11.8 Å². The molecule has 0 fully saturated rings. The van der Waals surface area contributed by atoms with Gasteiger partial charge in [-0.15, -0.1) is 0 Å². The van der Waals surface area contributed by atoms with Gasteiger partial charge in [0.1, 0.15) is 11.4 Å². The van der Waals surface area contributed by atoms with Crippen LogP contribution in [0.1, 0.15) is 112 Å². The number of ketones is 3. The minimum Gasteiger partial charge on any atom is -0.377 e. The highest BCUT2D eigenvalue weighted by Crippen LogP contribution is 2.43. The number of unbranched alkanes of at least 4 members (excludes halogenated alkanes) is 2. The van der Waals surface area contributed by atoms with Gasteiger partial charge in [0, 0.05) is 72.4 Å². The third-order valence-corrected chi connectivity index (χ3v) is 12.4. The standard InChI is InChI=1S/C44H50N4O8/c1-5-44(56)33-22-35-41-32(23-48(35)43(55)30(33)14-16-37(44)51)29-12-9-11-28-26(13-15-34(46-41)40(28)29)20-36(50)25(4)45-42(54)31(24(2)3)21-27(49)10-7-6-8-19-47-38(52)17-18-39(47)53/h13,15,17-18,22,24-25,31,56H,5-12,14,16,19-21,23H2,1-4H3,(H,45,54)/t25-,31-,44-/m0/s1. The van der Waals surface area contributed by atoms with Crippen molar-refractivity contribution in [3.63, 3.8) is 0 Å². The molecule has 4 aliphatic rings. The van der Waals surface area contributed by atoms with Gasteiger partial charge in [0.25, 0.3) is 17.4 Å². The summed E-state index contributed by atoms with van der Waals surface area (Å²) in [5, 5.41) is 15.3. The normalized spacial score (nSPS) is 19.3. The van der Waals surface area contributed by atoms with Crippen molar-refractivity contribution in [2.24, 2.45) is 11.8 Å². The van der Waals surface area contributed by atoms with Crippen LogP contribution in [0.4, 0.5) is 0 Å². The molecule has 3 atom stereocenters. The molecule has 2 N–H and O–H groups in total. The van der Waals surface area contributed by atoms with E-state index in [4.69, 9.17) is 4.98 Å². The number of aliphatic hydroxyl groups is 1. The van der Waals surface area contributed by atoms with Crippen molar-refractivity contribution in [1.82, 2.24) is 19.8 Å². The molecule has 3 aromatic rings. The molecule has 0 unspecified atom stereocenters. The van der Waals surface area contributed by atoms with E-state index in [1.165, 1.54) is 17.1 Å². The van der Waals surface area contributed by atoms with Gasteiger partial charge in [0.15, 0.2) is 11.6 Å². The fraction of sp³-hybridized carbons (Fsp3) is 0.500. The van der Waals surface area contributed by atoms with E-state index in [1.54, 1.807) is 24.5 Å². The average molecular weight is 763 g/mol. The van der Waals surface area contributed by atoms with Crippen LogP contribution in [0.5, 0.6) is 0 Å². The van der Waals surface area contributed by atoms with Crippen molar-refractivity contribution in [3.8, 4) is 11.4 Å². The lowest BCUT2D eigenvalue weighted by Gasteiger charge is -2.32. The highest BCUT2D eigenvalue weighted by Gasteiger charge is 2.43. The van der Waals surface area contributed by atoms with Crippen LogP contribution in [0.2, 0.25) is 0 Å². The fourth-order valence-electron chi connectivity index (χ4n) is 9.08. The van der Waals surface area contributed by atoms with Crippen LogP contribution in [-0.4, -0.2) is 67.2 Å². The molecule has 56 heavy (non-hydrogen) atoms. The Morgan fingerprint density at radius 3 is 2.36 bits per heavy atom. The van der Waals surface area contributed by atoms with Crippen LogP contribution >= 0.6 is 0 Å². The fourth-order valence-corrected chi connectivity index (χ4v) is 9.08. The molecule has 2 aliphatic carbocycles. The molecule has 7 rings (SSSR count). The topological polar surface area (TPSA) is 173 Å². The van der Waals surface area contributed by atoms with Crippen LogP contribution in [0.25, 0.3) is 22.3 Å². The summed E-state index contributed by atoms with van der Waals surface area (Å²) in [7, 11) is 0. The number of carbonyl (C=O) groups excluding carboxylic acids is 6. The van der Waals surface area contributed by atoms with Crippen molar-refractivity contribution in [1.29, 1.82) is 0 Å². The third kappa shape index (κ3) is 6.97. The molecule has 2 aromatic heterocycles. The summed E-state index contributed by atoms with van der Waals surface area (Å²) in [5.41, 5.74) is 5.12. The Balaban J connectivity index is 1.02. The number of rotatable bonds is 15. The molecular weight excluding hydrogens is 713 g/mol. The lowest BCUT2D eigenvalue weighted by molar-refractivity contribution is -0.140.